The first kappa shape index (κ1) is 28.0. The number of nitrogens with zero attached hydrogens (tertiary/aromatic N) is 6. The van der Waals surface area contributed by atoms with Gasteiger partial charge in [0.05, 0.1) is 12.8 Å². The van der Waals surface area contributed by atoms with E-state index in [1.54, 1.807) is 17.0 Å². The summed E-state index contributed by atoms with van der Waals surface area (Å²) in [5, 5.41) is 33.2. The van der Waals surface area contributed by atoms with Gasteiger partial charge in [-0.15, -0.1) is 5.10 Å². The summed E-state index contributed by atoms with van der Waals surface area (Å²) in [6, 6.07) is 16.8. The average molecular weight is 572 g/mol. The van der Waals surface area contributed by atoms with E-state index in [1.807, 2.05) is 30.3 Å². The molecule has 3 heterocycles. The molecule has 1 aliphatic rings. The van der Waals surface area contributed by atoms with Gasteiger partial charge in [0.2, 0.25) is 5.91 Å². The summed E-state index contributed by atoms with van der Waals surface area (Å²) in [7, 11) is 1.48. The third-order valence-corrected chi connectivity index (χ3v) is 7.21. The topological polar surface area (TPSA) is 131 Å². The van der Waals surface area contributed by atoms with Crippen molar-refractivity contribution in [3.8, 4) is 23.2 Å². The van der Waals surface area contributed by atoms with Crippen molar-refractivity contribution < 1.29 is 32.9 Å². The summed E-state index contributed by atoms with van der Waals surface area (Å²) >= 11 is 0. The number of carbonyl (C=O) groups is 1. The van der Waals surface area contributed by atoms with E-state index in [0.717, 1.165) is 10.1 Å². The van der Waals surface area contributed by atoms with Crippen LogP contribution in [0.5, 0.6) is 17.5 Å². The fraction of sp³-hybridized carbons (Fsp3) is 0.333. The Balaban J connectivity index is 1.35. The lowest BCUT2D eigenvalue weighted by Crippen LogP contribution is -2.50. The molecule has 2 aromatic carbocycles. The van der Waals surface area contributed by atoms with Crippen molar-refractivity contribution in [2.24, 2.45) is 0 Å². The van der Waals surface area contributed by atoms with Crippen molar-refractivity contribution in [1.82, 2.24) is 35.0 Å². The van der Waals surface area contributed by atoms with Gasteiger partial charge in [0.15, 0.2) is 11.8 Å². The van der Waals surface area contributed by atoms with Crippen LogP contribution >= 0.6 is 0 Å². The highest BCUT2D eigenvalue weighted by Gasteiger charge is 2.38. The van der Waals surface area contributed by atoms with E-state index in [1.165, 1.54) is 25.3 Å². The molecule has 0 radical (unpaired) electrons. The van der Waals surface area contributed by atoms with Crippen molar-refractivity contribution in [3.05, 3.63) is 77.6 Å². The summed E-state index contributed by atoms with van der Waals surface area (Å²) in [6.07, 6.45) is -4.14. The average Bonchev–Trinajstić information content (AvgIpc) is 3.59. The highest BCUT2D eigenvalue weighted by atomic mass is 19.4. The quantitative estimate of drug-likeness (QED) is 0.294. The molecule has 3 N–H and O–H groups in total. The number of aromatic nitrogens is 5. The first-order chi connectivity index (χ1) is 19.7. The molecule has 1 amide bonds. The Kier molecular flexibility index (Phi) is 7.83. The van der Waals surface area contributed by atoms with Gasteiger partial charge in [0, 0.05) is 49.3 Å². The molecule has 0 saturated carbocycles. The van der Waals surface area contributed by atoms with Gasteiger partial charge in [0.1, 0.15) is 12.3 Å². The zero-order valence-electron chi connectivity index (χ0n) is 22.0. The number of ether oxygens (including phenoxy) is 1. The number of carbonyl (C=O) groups excluding carboxylic acids is 1. The second-order valence-electron chi connectivity index (χ2n) is 9.68. The Morgan fingerprint density at radius 1 is 1.10 bits per heavy atom. The van der Waals surface area contributed by atoms with Crippen LogP contribution in [-0.2, 0) is 24.1 Å². The van der Waals surface area contributed by atoms with Crippen LogP contribution in [0.1, 0.15) is 29.3 Å². The van der Waals surface area contributed by atoms with Crippen molar-refractivity contribution in [3.63, 3.8) is 0 Å². The van der Waals surface area contributed by atoms with Gasteiger partial charge in [-0.05, 0) is 40.6 Å². The molecule has 2 unspecified atom stereocenters. The Labute approximate surface area is 232 Å². The maximum absolute atomic E-state index is 13.4. The number of nitrogens with one attached hydrogen (secondary N) is 1. The Bertz CT molecular complexity index is 1490. The Morgan fingerprint density at radius 2 is 1.83 bits per heavy atom. The van der Waals surface area contributed by atoms with Gasteiger partial charge < -0.3 is 25.2 Å². The third kappa shape index (κ3) is 5.96. The van der Waals surface area contributed by atoms with Gasteiger partial charge in [-0.25, -0.2) is 0 Å². The lowest BCUT2D eigenvalue weighted by molar-refractivity contribution is -0.146. The second kappa shape index (κ2) is 11.5. The number of hydrogen-bond acceptors (Lipinski definition) is 8. The molecule has 4 aromatic rings. The number of likely N-dealkylation sites (tertiary alicyclic amines) is 1. The maximum Gasteiger partial charge on any atom is 0.453 e. The van der Waals surface area contributed by atoms with E-state index in [4.69, 9.17) is 4.74 Å². The first-order valence-electron chi connectivity index (χ1n) is 12.8. The number of hydrogen-bond donors (Lipinski definition) is 3. The van der Waals surface area contributed by atoms with E-state index < -0.39 is 12.0 Å². The Hall–Kier alpha value is -4.59. The van der Waals surface area contributed by atoms with Crippen LogP contribution in [0.15, 0.2) is 60.7 Å². The van der Waals surface area contributed by atoms with Crippen molar-refractivity contribution in [2.75, 3.05) is 20.2 Å². The molecule has 14 heteroatoms. The van der Waals surface area contributed by atoms with E-state index >= 15 is 0 Å². The van der Waals surface area contributed by atoms with Crippen molar-refractivity contribution in [2.45, 2.75) is 37.6 Å². The molecule has 1 saturated heterocycles. The predicted molar refractivity (Wildman–Crippen MR) is 139 cm³/mol. The summed E-state index contributed by atoms with van der Waals surface area (Å²) in [5.41, 5.74) is 1.76. The number of piperidine rings is 1. The Morgan fingerprint density at radius 3 is 2.51 bits per heavy atom. The van der Waals surface area contributed by atoms with Crippen LogP contribution in [0.4, 0.5) is 13.2 Å². The molecular weight excluding hydrogens is 543 g/mol. The van der Waals surface area contributed by atoms with Crippen LogP contribution in [0.25, 0.3) is 5.69 Å². The van der Waals surface area contributed by atoms with E-state index in [2.05, 4.69) is 20.8 Å². The molecule has 1 fully saturated rings. The van der Waals surface area contributed by atoms with Crippen molar-refractivity contribution >= 4 is 5.91 Å². The van der Waals surface area contributed by atoms with Crippen LogP contribution in [0.3, 0.4) is 0 Å². The number of alkyl halides is 3. The van der Waals surface area contributed by atoms with Gasteiger partial charge >= 0.3 is 6.18 Å². The summed E-state index contributed by atoms with van der Waals surface area (Å²) in [5.74, 6) is -1.50. The molecule has 0 bridgehead atoms. The van der Waals surface area contributed by atoms with Crippen LogP contribution < -0.4 is 10.1 Å². The van der Waals surface area contributed by atoms with Gasteiger partial charge in [-0.2, -0.15) is 17.9 Å². The van der Waals surface area contributed by atoms with E-state index in [-0.39, 0.29) is 48.4 Å². The highest BCUT2D eigenvalue weighted by Crippen LogP contribution is 2.32. The molecule has 5 rings (SSSR count). The van der Waals surface area contributed by atoms with Gasteiger partial charge in [0.25, 0.3) is 5.82 Å². The monoisotopic (exact) mass is 571 g/mol. The molecule has 0 aliphatic carbocycles. The number of tetrazole rings is 1. The third-order valence-electron chi connectivity index (χ3n) is 7.21. The van der Waals surface area contributed by atoms with Gasteiger partial charge in [-0.3, -0.25) is 9.36 Å². The van der Waals surface area contributed by atoms with Crippen molar-refractivity contribution in [1.29, 1.82) is 0 Å². The number of aromatic hydroxyl groups is 2. The minimum absolute atomic E-state index is 0.0815. The summed E-state index contributed by atoms with van der Waals surface area (Å²) in [6.45, 7) is 0.887. The minimum Gasteiger partial charge on any atom is -0.496 e. The lowest BCUT2D eigenvalue weighted by atomic mass is 9.85. The molecule has 2 atom stereocenters. The van der Waals surface area contributed by atoms with Crippen LogP contribution in [0, 0.1) is 0 Å². The highest BCUT2D eigenvalue weighted by molar-refractivity contribution is 5.76. The van der Waals surface area contributed by atoms with E-state index in [9.17, 15) is 28.2 Å². The smallest absolute Gasteiger partial charge is 0.453 e. The molecule has 0 spiro atoms. The largest absolute Gasteiger partial charge is 0.496 e. The van der Waals surface area contributed by atoms with Gasteiger partial charge in [-0.1, -0.05) is 30.3 Å². The normalized spacial score (nSPS) is 17.5. The molecule has 11 nitrogen and oxygen atoms in total. The standard InChI is InChI=1S/C27H28F3N7O4/c1-41-22-8-7-19(37-26(27(28,29)30)32-33-34-37)13-18(22)14-31-21-11-12-35(15-20(21)17-5-3-2-4-6-17)25(40)16-36-23(38)9-10-24(36)39/h2-10,13,20-21,31,38-39H,11-12,14-16H2,1H3. The fourth-order valence-electron chi connectivity index (χ4n) is 5.12. The number of rotatable bonds is 8. The minimum atomic E-state index is -4.73. The van der Waals surface area contributed by atoms with E-state index in [0.29, 0.717) is 35.5 Å². The molecule has 41 heavy (non-hydrogen) atoms. The zero-order valence-corrected chi connectivity index (χ0v) is 22.0. The first-order valence-corrected chi connectivity index (χ1v) is 12.8. The predicted octanol–water partition coefficient (Wildman–Crippen LogP) is 3.08. The number of halogens is 3. The zero-order chi connectivity index (χ0) is 29.1. The lowest BCUT2D eigenvalue weighted by Gasteiger charge is -2.39. The number of benzene rings is 2. The molecular formula is C27H28F3N7O4. The second-order valence-corrected chi connectivity index (χ2v) is 9.68. The van der Waals surface area contributed by atoms with Crippen LogP contribution in [-0.4, -0.2) is 72.0 Å². The fourth-order valence-corrected chi connectivity index (χ4v) is 5.12. The maximum atomic E-state index is 13.4. The molecule has 2 aromatic heterocycles. The number of methoxy groups -OCH3 is 1. The SMILES string of the molecule is COc1ccc(-n2nnnc2C(F)(F)F)cc1CNC1CCN(C(=O)Cn2c(O)ccc2O)CC1c1ccccc1. The molecule has 1 aliphatic heterocycles. The molecule has 216 valence electrons. The summed E-state index contributed by atoms with van der Waals surface area (Å²) in [4.78, 5) is 14.8. The number of amides is 1. The summed E-state index contributed by atoms with van der Waals surface area (Å²) < 4.78 is 47.4. The van der Waals surface area contributed by atoms with Crippen LogP contribution in [0.2, 0.25) is 0 Å².